The molecule has 6 aliphatic heterocycles. The van der Waals surface area contributed by atoms with Gasteiger partial charge in [-0.3, -0.25) is 29.0 Å². The fraction of sp³-hybridized carbons (Fsp3) is 0.397. The molecule has 2 saturated carbocycles. The van der Waals surface area contributed by atoms with Crippen molar-refractivity contribution < 1.29 is 19.1 Å². The molecule has 3 N–H and O–H groups in total. The summed E-state index contributed by atoms with van der Waals surface area (Å²) in [6, 6.07) is 20.2. The maximum absolute atomic E-state index is 13.6. The first-order valence-corrected chi connectivity index (χ1v) is 29.6. The molecule has 434 valence electrons. The molecular formula is C63H66N16O6. The van der Waals surface area contributed by atoms with Gasteiger partial charge < -0.3 is 30.3 Å². The number of nitrogens with zero attached hydrogens (tertiary/aromatic N) is 13. The van der Waals surface area contributed by atoms with Crippen LogP contribution in [0.15, 0.2) is 107 Å². The Morgan fingerprint density at radius 2 is 1.07 bits per heavy atom. The van der Waals surface area contributed by atoms with Gasteiger partial charge in [0.05, 0.1) is 13.1 Å². The van der Waals surface area contributed by atoms with Crippen LogP contribution in [0.3, 0.4) is 0 Å². The van der Waals surface area contributed by atoms with E-state index in [0.29, 0.717) is 106 Å². The third kappa shape index (κ3) is 8.97. The Balaban J connectivity index is 0.000000144. The van der Waals surface area contributed by atoms with Crippen molar-refractivity contribution in [1.82, 2.24) is 58.8 Å². The molecule has 2 amide bonds. The van der Waals surface area contributed by atoms with Gasteiger partial charge in [-0.1, -0.05) is 36.4 Å². The number of pyridine rings is 2. The van der Waals surface area contributed by atoms with E-state index in [2.05, 4.69) is 74.3 Å². The van der Waals surface area contributed by atoms with Gasteiger partial charge in [-0.2, -0.15) is 9.97 Å². The standard InChI is InChI=1S/C32H34N8O3.C31H32N8O3/c1-31(2)29(42)38-14-6-4-5-7-15-39-28(41)22-17-33-30(36-26(22)40(39)25-11-10-24(43-31)27(38)35-25)34-21-8-9-23-20(16-21)18-37(3)19-32(23)12-13-32;1-30(2)28(41)37-13-5-3-4-6-14-38-27(40)21-17-33-29(36-25(21)39(38)24-10-9-23(42-30)26(37)35-24)34-20-7-8-22-19(15-20)16-32-18-31(22)11-12-31/h5,7-11,16-17H,4,6,12-15,18-19H2,1-3H3,(H,33,34,36);4,6-10,15,17,32H,3,5,11-14,16,18H2,1-2H3,(H,33,34,36). The van der Waals surface area contributed by atoms with Crippen LogP contribution in [0, 0.1) is 0 Å². The number of fused-ring (bicyclic) bond motifs is 14. The first-order chi connectivity index (χ1) is 41.0. The number of nitrogens with one attached hydrogen (secondary N) is 3. The number of rotatable bonds is 4. The zero-order valence-electron chi connectivity index (χ0n) is 48.3. The van der Waals surface area contributed by atoms with Gasteiger partial charge in [0.15, 0.2) is 57.3 Å². The number of hydrogen-bond donors (Lipinski definition) is 3. The number of anilines is 6. The Kier molecular flexibility index (Phi) is 12.1. The van der Waals surface area contributed by atoms with E-state index < -0.39 is 11.2 Å². The normalized spacial score (nSPS) is 20.0. The Bertz CT molecular complexity index is 4310. The van der Waals surface area contributed by atoms with E-state index >= 15 is 0 Å². The van der Waals surface area contributed by atoms with Crippen LogP contribution in [-0.4, -0.2) is 110 Å². The molecule has 2 spiro atoms. The molecule has 0 saturated heterocycles. The van der Waals surface area contributed by atoms with Gasteiger partial charge in [0, 0.05) is 73.9 Å². The lowest BCUT2D eigenvalue weighted by Gasteiger charge is -2.38. The van der Waals surface area contributed by atoms with Crippen LogP contribution in [-0.2, 0) is 46.6 Å². The quantitative estimate of drug-likeness (QED) is 0.143. The van der Waals surface area contributed by atoms with Gasteiger partial charge in [0.2, 0.25) is 11.9 Å². The molecule has 2 aliphatic carbocycles. The van der Waals surface area contributed by atoms with E-state index in [1.54, 1.807) is 80.7 Å². The van der Waals surface area contributed by atoms with Gasteiger partial charge in [0.1, 0.15) is 10.8 Å². The number of likely N-dealkylation sites (N-methyl/N-ethyl adjacent to an activating group) is 1. The minimum Gasteiger partial charge on any atom is -0.474 e. The smallest absolute Gasteiger partial charge is 0.278 e. The second-order valence-electron chi connectivity index (χ2n) is 24.9. The van der Waals surface area contributed by atoms with E-state index in [1.807, 2.05) is 36.4 Å². The van der Waals surface area contributed by atoms with Crippen molar-refractivity contribution in [2.24, 2.45) is 0 Å². The highest BCUT2D eigenvalue weighted by molar-refractivity contribution is 6.02. The fourth-order valence-electron chi connectivity index (χ4n) is 13.4. The Labute approximate surface area is 489 Å². The average molecular weight is 1140 g/mol. The van der Waals surface area contributed by atoms with Crippen LogP contribution in [0.2, 0.25) is 0 Å². The molecule has 8 aliphatic rings. The Morgan fingerprint density at radius 3 is 1.58 bits per heavy atom. The van der Waals surface area contributed by atoms with Crippen LogP contribution in [0.5, 0.6) is 11.5 Å². The van der Waals surface area contributed by atoms with Gasteiger partial charge in [-0.25, -0.2) is 38.7 Å². The molecule has 85 heavy (non-hydrogen) atoms. The average Bonchev–Trinajstić information content (AvgIpc) is 1.95. The van der Waals surface area contributed by atoms with Crippen molar-refractivity contribution in [3.8, 4) is 23.1 Å². The van der Waals surface area contributed by atoms with Crippen LogP contribution >= 0.6 is 0 Å². The number of carbonyl (C=O) groups is 2. The first kappa shape index (κ1) is 52.8. The van der Waals surface area contributed by atoms with Crippen molar-refractivity contribution in [1.29, 1.82) is 0 Å². The highest BCUT2D eigenvalue weighted by atomic mass is 16.5. The number of benzene rings is 2. The number of hydrogen-bond acceptors (Lipinski definition) is 16. The number of ether oxygens (including phenoxy) is 2. The summed E-state index contributed by atoms with van der Waals surface area (Å²) in [5.41, 5.74) is 6.40. The highest BCUT2D eigenvalue weighted by Gasteiger charge is 2.49. The second kappa shape index (κ2) is 19.5. The largest absolute Gasteiger partial charge is 0.474 e. The van der Waals surface area contributed by atoms with Crippen LogP contribution in [0.1, 0.15) is 101 Å². The topological polar surface area (TPSA) is 230 Å². The van der Waals surface area contributed by atoms with Crippen LogP contribution in [0.25, 0.3) is 33.7 Å². The number of aromatic nitrogens is 10. The van der Waals surface area contributed by atoms with Crippen molar-refractivity contribution in [2.45, 2.75) is 127 Å². The van der Waals surface area contributed by atoms with Gasteiger partial charge in [-0.05, 0) is 157 Å². The second-order valence-corrected chi connectivity index (χ2v) is 24.9. The third-order valence-corrected chi connectivity index (χ3v) is 18.0. The summed E-state index contributed by atoms with van der Waals surface area (Å²) in [4.78, 5) is 88.2. The number of amides is 2. The summed E-state index contributed by atoms with van der Waals surface area (Å²) in [6.07, 6.45) is 19.2. The molecule has 2 aromatic carbocycles. The van der Waals surface area contributed by atoms with E-state index in [4.69, 9.17) is 29.4 Å². The maximum Gasteiger partial charge on any atom is 0.278 e. The van der Waals surface area contributed by atoms with Gasteiger partial charge in [0.25, 0.3) is 22.9 Å². The summed E-state index contributed by atoms with van der Waals surface area (Å²) in [5, 5.41) is 11.1. The lowest BCUT2D eigenvalue weighted by molar-refractivity contribution is -0.133. The summed E-state index contributed by atoms with van der Waals surface area (Å²) >= 11 is 0. The molecule has 6 aromatic heterocycles. The fourth-order valence-corrected chi connectivity index (χ4v) is 13.4. The third-order valence-electron chi connectivity index (χ3n) is 18.0. The Morgan fingerprint density at radius 1 is 0.576 bits per heavy atom. The minimum absolute atomic E-state index is 0.141. The molecule has 2 fully saturated rings. The van der Waals surface area contributed by atoms with Gasteiger partial charge >= 0.3 is 0 Å². The minimum atomic E-state index is -0.996. The molecule has 0 atom stereocenters. The molecule has 22 heteroatoms. The molecule has 16 rings (SSSR count). The summed E-state index contributed by atoms with van der Waals surface area (Å²) in [5.74, 6) is 3.40. The predicted octanol–water partition coefficient (Wildman–Crippen LogP) is 7.76. The first-order valence-electron chi connectivity index (χ1n) is 29.6. The zero-order valence-corrected chi connectivity index (χ0v) is 48.3. The molecular weight excluding hydrogens is 1080 g/mol. The monoisotopic (exact) mass is 1140 g/mol. The van der Waals surface area contributed by atoms with Crippen molar-refractivity contribution in [3.63, 3.8) is 0 Å². The van der Waals surface area contributed by atoms with Crippen molar-refractivity contribution in [3.05, 3.63) is 140 Å². The van der Waals surface area contributed by atoms with Gasteiger partial charge in [-0.15, -0.1) is 0 Å². The number of carbonyl (C=O) groups excluding carboxylic acids is 2. The molecule has 0 radical (unpaired) electrons. The van der Waals surface area contributed by atoms with Crippen LogP contribution < -0.4 is 46.3 Å². The van der Waals surface area contributed by atoms with Crippen molar-refractivity contribution >= 4 is 68.8 Å². The maximum atomic E-state index is 13.6. The summed E-state index contributed by atoms with van der Waals surface area (Å²) < 4.78 is 18.8. The molecule has 0 unspecified atom stereocenters. The van der Waals surface area contributed by atoms with E-state index in [9.17, 15) is 19.2 Å². The van der Waals surface area contributed by atoms with Crippen LogP contribution in [0.4, 0.5) is 34.9 Å². The highest BCUT2D eigenvalue weighted by Crippen LogP contribution is 2.53. The van der Waals surface area contributed by atoms with E-state index in [-0.39, 0.29) is 22.9 Å². The SMILES string of the molecule is CC1(C)Oc2ccc3nc2N(CCCC=CCn2c(=O)c4cnc(Nc5ccc6c(c5)CNCC65CC5)nc4n2-3)C1=O.CN1Cc2cc(Nc3ncc4c(=O)n5n(c4n3)-c3ccc4c(n3)N(CCCC=CC5)C(=O)C(C)(C)O4)ccc2C2(CC2)C1. The molecule has 22 nitrogen and oxygen atoms in total. The van der Waals surface area contributed by atoms with E-state index in [1.165, 1.54) is 47.9 Å². The van der Waals surface area contributed by atoms with Crippen molar-refractivity contribution in [2.75, 3.05) is 53.7 Å². The lowest BCUT2D eigenvalue weighted by Crippen LogP contribution is -2.53. The lowest BCUT2D eigenvalue weighted by atomic mass is 9.87. The summed E-state index contributed by atoms with van der Waals surface area (Å²) in [7, 11) is 2.18. The Hall–Kier alpha value is -9.02. The molecule has 8 aromatic rings. The molecule has 12 heterocycles. The predicted molar refractivity (Wildman–Crippen MR) is 322 cm³/mol. The zero-order chi connectivity index (χ0) is 58.1. The van der Waals surface area contributed by atoms with E-state index in [0.717, 1.165) is 63.2 Å². The summed E-state index contributed by atoms with van der Waals surface area (Å²) in [6.45, 7) is 12.7. The number of allylic oxidation sites excluding steroid dienone is 4. The molecule has 4 bridgehead atoms.